The molecule has 2 aliphatic rings. The first-order valence-electron chi connectivity index (χ1n) is 23.3. The van der Waals surface area contributed by atoms with Gasteiger partial charge in [0.15, 0.2) is 5.69 Å². The maximum absolute atomic E-state index is 10.2. The van der Waals surface area contributed by atoms with Crippen LogP contribution in [-0.2, 0) is 5.41 Å². The maximum atomic E-state index is 10.2. The Labute approximate surface area is 410 Å². The molecule has 0 amide bonds. The first-order chi connectivity index (χ1) is 35.0. The molecular formula is C62H32N8S. The number of nitriles is 2. The van der Waals surface area contributed by atoms with E-state index in [1.807, 2.05) is 67.0 Å². The summed E-state index contributed by atoms with van der Waals surface area (Å²) in [4.78, 5) is 16.5. The lowest BCUT2D eigenvalue weighted by Crippen LogP contribution is -2.32. The SMILES string of the molecule is [C-]#[N+]c1ccc2c(c1)c1ccccc1n2-c1cnc2c(c1)C1(c3ccccc3Sc3cc(-n4c5ccc(C#N)cc5c5cc(-n6c7ccccc7c7cc(C#N)ccc76)ccc54)ccc31)c1cccnc1-2. The van der Waals surface area contributed by atoms with E-state index >= 15 is 0 Å². The van der Waals surface area contributed by atoms with Gasteiger partial charge in [0.05, 0.1) is 91.6 Å². The van der Waals surface area contributed by atoms with Gasteiger partial charge in [-0.15, -0.1) is 0 Å². The van der Waals surface area contributed by atoms with Gasteiger partial charge < -0.3 is 13.7 Å². The standard InChI is InChI=1S/C62H32N8S/c1-65-38-18-24-56-46(29-38)43-10-3-6-14-53(43)70(56)41-31-51-61(67-35-41)60-50(12-8-26-66-60)62(51)48-11-4-7-15-58(48)71-59-32-40(19-21-49(59)62)69-55-23-17-37(34-64)28-45(55)47-30-39(20-25-57(47)69)68-52-13-5-2-9-42(52)44-27-36(33-63)16-22-54(44)68/h2-32,35H. The van der Waals surface area contributed by atoms with Crippen LogP contribution in [0.15, 0.2) is 204 Å². The zero-order valence-electron chi connectivity index (χ0n) is 37.5. The van der Waals surface area contributed by atoms with Crippen molar-refractivity contribution >= 4 is 82.9 Å². The third kappa shape index (κ3) is 5.21. The molecule has 9 heteroatoms. The van der Waals surface area contributed by atoms with Gasteiger partial charge in [-0.2, -0.15) is 10.5 Å². The summed E-state index contributed by atoms with van der Waals surface area (Å²) < 4.78 is 6.88. The van der Waals surface area contributed by atoms with Crippen LogP contribution in [0.4, 0.5) is 5.69 Å². The summed E-state index contributed by atoms with van der Waals surface area (Å²) in [6.07, 6.45) is 3.83. The summed E-state index contributed by atoms with van der Waals surface area (Å²) in [5, 5.41) is 26.2. The van der Waals surface area contributed by atoms with Gasteiger partial charge >= 0.3 is 0 Å². The van der Waals surface area contributed by atoms with Gasteiger partial charge in [0.1, 0.15) is 0 Å². The number of hydrogen-bond donors (Lipinski definition) is 0. The molecule has 1 aliphatic carbocycles. The first-order valence-corrected chi connectivity index (χ1v) is 24.1. The van der Waals surface area contributed by atoms with Gasteiger partial charge in [-0.05, 0) is 131 Å². The quantitative estimate of drug-likeness (QED) is 0.165. The van der Waals surface area contributed by atoms with Gasteiger partial charge in [-0.25, -0.2) is 4.85 Å². The van der Waals surface area contributed by atoms with Crippen molar-refractivity contribution in [2.75, 3.05) is 0 Å². The van der Waals surface area contributed by atoms with Crippen molar-refractivity contribution in [2.45, 2.75) is 15.2 Å². The Bertz CT molecular complexity index is 4680. The largest absolute Gasteiger partial charge is 0.309 e. The van der Waals surface area contributed by atoms with Crippen molar-refractivity contribution in [3.05, 3.63) is 239 Å². The number of hydrogen-bond acceptors (Lipinski definition) is 5. The summed E-state index contributed by atoms with van der Waals surface area (Å²) in [5.74, 6) is 0. The average molecular weight is 921 g/mol. The van der Waals surface area contributed by atoms with E-state index in [9.17, 15) is 10.5 Å². The Morgan fingerprint density at radius 2 is 0.972 bits per heavy atom. The molecule has 326 valence electrons. The number of fused-ring (bicyclic) bond motifs is 18. The van der Waals surface area contributed by atoms with Crippen molar-refractivity contribution in [1.82, 2.24) is 23.7 Å². The summed E-state index contributed by atoms with van der Waals surface area (Å²) >= 11 is 1.79. The topological polar surface area (TPSA) is 92.5 Å². The molecule has 8 nitrogen and oxygen atoms in total. The van der Waals surface area contributed by atoms with Gasteiger partial charge in [0, 0.05) is 59.9 Å². The van der Waals surface area contributed by atoms with E-state index in [2.05, 4.69) is 158 Å². The van der Waals surface area contributed by atoms with Crippen molar-refractivity contribution in [1.29, 1.82) is 10.5 Å². The highest BCUT2D eigenvalue weighted by Gasteiger charge is 2.52. The van der Waals surface area contributed by atoms with E-state index in [-0.39, 0.29) is 0 Å². The Balaban J connectivity index is 0.960. The molecule has 5 aromatic heterocycles. The van der Waals surface area contributed by atoms with Crippen molar-refractivity contribution in [2.24, 2.45) is 0 Å². The number of aromatic nitrogens is 5. The molecule has 1 aliphatic heterocycles. The molecule has 1 unspecified atom stereocenters. The summed E-state index contributed by atoms with van der Waals surface area (Å²) in [6.45, 7) is 7.78. The number of benzene rings is 8. The molecule has 0 fully saturated rings. The van der Waals surface area contributed by atoms with E-state index in [0.29, 0.717) is 16.8 Å². The van der Waals surface area contributed by atoms with Gasteiger partial charge in [-0.1, -0.05) is 84.6 Å². The van der Waals surface area contributed by atoms with Gasteiger partial charge in [0.2, 0.25) is 0 Å². The first kappa shape index (κ1) is 39.3. The predicted molar refractivity (Wildman–Crippen MR) is 282 cm³/mol. The van der Waals surface area contributed by atoms with Crippen LogP contribution in [0.3, 0.4) is 0 Å². The molecule has 1 spiro atoms. The smallest absolute Gasteiger partial charge is 0.188 e. The molecule has 0 bridgehead atoms. The van der Waals surface area contributed by atoms with Crippen LogP contribution < -0.4 is 0 Å². The highest BCUT2D eigenvalue weighted by molar-refractivity contribution is 7.99. The molecule has 8 aromatic carbocycles. The normalized spacial score (nSPS) is 14.4. The van der Waals surface area contributed by atoms with Crippen LogP contribution in [0, 0.1) is 29.2 Å². The zero-order valence-corrected chi connectivity index (χ0v) is 38.3. The lowest BCUT2D eigenvalue weighted by molar-refractivity contribution is 0.718. The fourth-order valence-electron chi connectivity index (χ4n) is 12.0. The van der Waals surface area contributed by atoms with Crippen LogP contribution in [0.2, 0.25) is 0 Å². The number of rotatable bonds is 3. The molecule has 6 heterocycles. The van der Waals surface area contributed by atoms with E-state index in [1.165, 1.54) is 5.56 Å². The second-order valence-corrected chi connectivity index (χ2v) is 19.3. The van der Waals surface area contributed by atoms with Crippen LogP contribution >= 0.6 is 11.8 Å². The average Bonchev–Trinajstić information content (AvgIpc) is 4.14. The lowest BCUT2D eigenvalue weighted by Gasteiger charge is -2.39. The zero-order chi connectivity index (χ0) is 47.1. The molecule has 13 aromatic rings. The molecule has 0 radical (unpaired) electrons. The molecule has 0 N–H and O–H groups in total. The molecule has 0 saturated carbocycles. The van der Waals surface area contributed by atoms with E-state index < -0.39 is 5.41 Å². The lowest BCUT2D eigenvalue weighted by atomic mass is 9.67. The van der Waals surface area contributed by atoms with Crippen LogP contribution in [0.1, 0.15) is 33.4 Å². The van der Waals surface area contributed by atoms with Crippen LogP contribution in [0.25, 0.3) is 98.7 Å². The monoisotopic (exact) mass is 920 g/mol. The molecule has 1 atom stereocenters. The van der Waals surface area contributed by atoms with E-state index in [4.69, 9.17) is 16.5 Å². The maximum Gasteiger partial charge on any atom is 0.188 e. The fraction of sp³-hybridized carbons (Fsp3) is 0.0161. The molecule has 15 rings (SSSR count). The number of pyridine rings is 2. The van der Waals surface area contributed by atoms with Crippen molar-refractivity contribution in [3.63, 3.8) is 0 Å². The summed E-state index contributed by atoms with van der Waals surface area (Å²) in [6, 6.07) is 68.1. The molecule has 71 heavy (non-hydrogen) atoms. The highest BCUT2D eigenvalue weighted by Crippen LogP contribution is 2.62. The third-order valence-electron chi connectivity index (χ3n) is 14.8. The fourth-order valence-corrected chi connectivity index (χ4v) is 13.2. The van der Waals surface area contributed by atoms with Gasteiger partial charge in [0.25, 0.3) is 0 Å². The highest BCUT2D eigenvalue weighted by atomic mass is 32.2. The molecule has 0 saturated heterocycles. The second kappa shape index (κ2) is 14.4. The van der Waals surface area contributed by atoms with E-state index in [0.717, 1.165) is 120 Å². The predicted octanol–water partition coefficient (Wildman–Crippen LogP) is 14.9. The minimum atomic E-state index is -0.749. The van der Waals surface area contributed by atoms with Gasteiger partial charge in [-0.3, -0.25) is 9.97 Å². The summed E-state index contributed by atoms with van der Waals surface area (Å²) in [5.41, 5.74) is 16.4. The van der Waals surface area contributed by atoms with Crippen molar-refractivity contribution in [3.8, 4) is 40.6 Å². The summed E-state index contributed by atoms with van der Waals surface area (Å²) in [7, 11) is 0. The third-order valence-corrected chi connectivity index (χ3v) is 16.0. The number of nitrogens with zero attached hydrogens (tertiary/aromatic N) is 8. The Kier molecular flexibility index (Phi) is 7.97. The molecular weight excluding hydrogens is 889 g/mol. The van der Waals surface area contributed by atoms with Crippen LogP contribution in [0.5, 0.6) is 0 Å². The van der Waals surface area contributed by atoms with Crippen molar-refractivity contribution < 1.29 is 0 Å². The van der Waals surface area contributed by atoms with E-state index in [1.54, 1.807) is 11.8 Å². The minimum Gasteiger partial charge on any atom is -0.309 e. The second-order valence-electron chi connectivity index (χ2n) is 18.3. The minimum absolute atomic E-state index is 0.594. The Hall–Kier alpha value is -9.72. The Morgan fingerprint density at radius 3 is 1.69 bits per heavy atom. The number of para-hydroxylation sites is 2. The van der Waals surface area contributed by atoms with Crippen LogP contribution in [-0.4, -0.2) is 23.7 Å². The Morgan fingerprint density at radius 1 is 0.437 bits per heavy atom.